The van der Waals surface area contributed by atoms with Crippen LogP contribution in [-0.4, -0.2) is 14.7 Å². The average molecular weight is 340 g/mol. The molecule has 0 radical (unpaired) electrons. The Kier molecular flexibility index (Phi) is 4.47. The number of non-ortho nitro benzene ring substituents is 1. The summed E-state index contributed by atoms with van der Waals surface area (Å²) >= 11 is 0. The van der Waals surface area contributed by atoms with Crippen molar-refractivity contribution < 1.29 is 9.31 Å². The quantitative estimate of drug-likeness (QED) is 0.552. The number of nitrogens with one attached hydrogen (secondary N) is 1. The maximum absolute atomic E-state index is 13.1. The smallest absolute Gasteiger partial charge is 0.269 e. The Morgan fingerprint density at radius 1 is 1.16 bits per heavy atom. The molecule has 0 saturated carbocycles. The zero-order chi connectivity index (χ0) is 18.0. The van der Waals surface area contributed by atoms with Gasteiger partial charge in [-0.25, -0.2) is 9.07 Å². The molecule has 0 spiro atoms. The van der Waals surface area contributed by atoms with Gasteiger partial charge in [0.15, 0.2) is 0 Å². The maximum Gasteiger partial charge on any atom is 0.269 e. The molecular formula is C18H17FN4O2. The van der Waals surface area contributed by atoms with Gasteiger partial charge in [0.1, 0.15) is 5.82 Å². The molecule has 6 nitrogen and oxygen atoms in total. The van der Waals surface area contributed by atoms with Crippen molar-refractivity contribution in [1.82, 2.24) is 9.78 Å². The van der Waals surface area contributed by atoms with Crippen LogP contribution in [0.15, 0.2) is 54.7 Å². The van der Waals surface area contributed by atoms with Gasteiger partial charge in [-0.2, -0.15) is 5.10 Å². The summed E-state index contributed by atoms with van der Waals surface area (Å²) in [7, 11) is 0. The second-order valence-electron chi connectivity index (χ2n) is 5.74. The van der Waals surface area contributed by atoms with Crippen LogP contribution in [0.1, 0.15) is 24.2 Å². The molecular weight excluding hydrogens is 323 g/mol. The standard InChI is InChI=1S/C18H17FN4O2/c1-12(21-15-5-9-17(10-6-15)23(24)25)18-11-20-22(13(18)2)16-7-3-14(19)4-8-16/h3-12,21H,1-2H3. The third-order valence-corrected chi connectivity index (χ3v) is 4.05. The minimum atomic E-state index is -0.427. The Hall–Kier alpha value is -3.22. The van der Waals surface area contributed by atoms with E-state index in [0.717, 1.165) is 22.6 Å². The highest BCUT2D eigenvalue weighted by Crippen LogP contribution is 2.25. The van der Waals surface area contributed by atoms with E-state index in [2.05, 4.69) is 10.4 Å². The lowest BCUT2D eigenvalue weighted by Crippen LogP contribution is -2.08. The van der Waals surface area contributed by atoms with Crippen LogP contribution in [0.4, 0.5) is 15.8 Å². The molecule has 2 aromatic carbocycles. The predicted octanol–water partition coefficient (Wildman–Crippen LogP) is 4.40. The van der Waals surface area contributed by atoms with E-state index < -0.39 is 4.92 Å². The molecule has 1 N–H and O–H groups in total. The summed E-state index contributed by atoms with van der Waals surface area (Å²) in [6.07, 6.45) is 1.77. The Morgan fingerprint density at radius 3 is 2.40 bits per heavy atom. The summed E-state index contributed by atoms with van der Waals surface area (Å²) in [5.74, 6) is -0.290. The largest absolute Gasteiger partial charge is 0.378 e. The first-order chi connectivity index (χ1) is 12.0. The van der Waals surface area contributed by atoms with Gasteiger partial charge in [-0.05, 0) is 50.2 Å². The molecule has 25 heavy (non-hydrogen) atoms. The fraction of sp³-hybridized carbons (Fsp3) is 0.167. The number of benzene rings is 2. The summed E-state index contributed by atoms with van der Waals surface area (Å²) in [6.45, 7) is 3.93. The van der Waals surface area contributed by atoms with Gasteiger partial charge >= 0.3 is 0 Å². The monoisotopic (exact) mass is 340 g/mol. The highest BCUT2D eigenvalue weighted by atomic mass is 19.1. The number of aromatic nitrogens is 2. The second kappa shape index (κ2) is 6.72. The molecule has 3 rings (SSSR count). The number of nitro groups is 1. The van der Waals surface area contributed by atoms with Gasteiger partial charge in [0.2, 0.25) is 0 Å². The molecule has 0 saturated heterocycles. The highest BCUT2D eigenvalue weighted by Gasteiger charge is 2.15. The molecule has 1 unspecified atom stereocenters. The van der Waals surface area contributed by atoms with Crippen molar-refractivity contribution in [3.8, 4) is 5.69 Å². The molecule has 0 amide bonds. The van der Waals surface area contributed by atoms with Crippen LogP contribution >= 0.6 is 0 Å². The number of halogens is 1. The number of hydrogen-bond acceptors (Lipinski definition) is 4. The van der Waals surface area contributed by atoms with Crippen molar-refractivity contribution in [2.75, 3.05) is 5.32 Å². The third kappa shape index (κ3) is 3.50. The first-order valence-electron chi connectivity index (χ1n) is 7.77. The summed E-state index contributed by atoms with van der Waals surface area (Å²) < 4.78 is 14.8. The van der Waals surface area contributed by atoms with Crippen LogP contribution in [0.3, 0.4) is 0 Å². The van der Waals surface area contributed by atoms with E-state index in [0.29, 0.717) is 0 Å². The van der Waals surface area contributed by atoms with Gasteiger partial charge in [-0.15, -0.1) is 0 Å². The van der Waals surface area contributed by atoms with Crippen LogP contribution in [0.25, 0.3) is 5.69 Å². The van der Waals surface area contributed by atoms with Crippen molar-refractivity contribution >= 4 is 11.4 Å². The first kappa shape index (κ1) is 16.6. The van der Waals surface area contributed by atoms with Crippen molar-refractivity contribution in [2.24, 2.45) is 0 Å². The molecule has 7 heteroatoms. The van der Waals surface area contributed by atoms with Crippen molar-refractivity contribution in [3.05, 3.63) is 81.9 Å². The number of rotatable bonds is 5. The number of nitrogens with zero attached hydrogens (tertiary/aromatic N) is 3. The van der Waals surface area contributed by atoms with Gasteiger partial charge in [0.05, 0.1) is 22.8 Å². The van der Waals surface area contributed by atoms with Gasteiger partial charge in [0, 0.05) is 29.1 Å². The molecule has 0 bridgehead atoms. The lowest BCUT2D eigenvalue weighted by Gasteiger charge is -2.15. The van der Waals surface area contributed by atoms with Crippen molar-refractivity contribution in [3.63, 3.8) is 0 Å². The minimum absolute atomic E-state index is 0.0457. The molecule has 128 valence electrons. The minimum Gasteiger partial charge on any atom is -0.378 e. The van der Waals surface area contributed by atoms with Crippen LogP contribution < -0.4 is 5.32 Å². The SMILES string of the molecule is Cc1c(C(C)Nc2ccc([N+](=O)[O-])cc2)cnn1-c1ccc(F)cc1. The zero-order valence-corrected chi connectivity index (χ0v) is 13.8. The molecule has 1 aromatic heterocycles. The van der Waals surface area contributed by atoms with Crippen molar-refractivity contribution in [1.29, 1.82) is 0 Å². The summed E-state index contributed by atoms with van der Waals surface area (Å²) in [5.41, 5.74) is 3.55. The van der Waals surface area contributed by atoms with E-state index in [1.165, 1.54) is 24.3 Å². The Balaban J connectivity index is 1.79. The van der Waals surface area contributed by atoms with Crippen LogP contribution in [0.2, 0.25) is 0 Å². The van der Waals surface area contributed by atoms with E-state index in [1.54, 1.807) is 35.1 Å². The van der Waals surface area contributed by atoms with Crippen molar-refractivity contribution in [2.45, 2.75) is 19.9 Å². The molecule has 3 aromatic rings. The van der Waals surface area contributed by atoms with Gasteiger partial charge in [-0.1, -0.05) is 0 Å². The average Bonchev–Trinajstić information content (AvgIpc) is 2.98. The molecule has 1 heterocycles. The van der Waals surface area contributed by atoms with Crippen LogP contribution in [-0.2, 0) is 0 Å². The summed E-state index contributed by atoms with van der Waals surface area (Å²) in [6, 6.07) is 12.4. The Morgan fingerprint density at radius 2 is 1.80 bits per heavy atom. The van der Waals surface area contributed by atoms with E-state index >= 15 is 0 Å². The highest BCUT2D eigenvalue weighted by molar-refractivity contribution is 5.50. The number of nitro benzene ring substituents is 1. The lowest BCUT2D eigenvalue weighted by molar-refractivity contribution is -0.384. The van der Waals surface area contributed by atoms with E-state index in [-0.39, 0.29) is 17.5 Å². The molecule has 0 aliphatic carbocycles. The second-order valence-corrected chi connectivity index (χ2v) is 5.74. The molecule has 0 aliphatic heterocycles. The fourth-order valence-corrected chi connectivity index (χ4v) is 2.70. The topological polar surface area (TPSA) is 73.0 Å². The zero-order valence-electron chi connectivity index (χ0n) is 13.8. The summed E-state index contributed by atoms with van der Waals surface area (Å²) in [4.78, 5) is 10.3. The molecule has 1 atom stereocenters. The van der Waals surface area contributed by atoms with Gasteiger partial charge < -0.3 is 5.32 Å². The number of anilines is 1. The van der Waals surface area contributed by atoms with Gasteiger partial charge in [0.25, 0.3) is 5.69 Å². The van der Waals surface area contributed by atoms with Gasteiger partial charge in [-0.3, -0.25) is 10.1 Å². The lowest BCUT2D eigenvalue weighted by atomic mass is 10.1. The van der Waals surface area contributed by atoms with E-state index in [1.807, 2.05) is 13.8 Å². The van der Waals surface area contributed by atoms with Crippen LogP contribution in [0, 0.1) is 22.9 Å². The Bertz CT molecular complexity index is 888. The number of hydrogen-bond donors (Lipinski definition) is 1. The molecule has 0 fully saturated rings. The fourth-order valence-electron chi connectivity index (χ4n) is 2.70. The van der Waals surface area contributed by atoms with Crippen LogP contribution in [0.5, 0.6) is 0 Å². The van der Waals surface area contributed by atoms with E-state index in [9.17, 15) is 14.5 Å². The normalized spacial score (nSPS) is 12.0. The third-order valence-electron chi connectivity index (χ3n) is 4.05. The van der Waals surface area contributed by atoms with E-state index in [4.69, 9.17) is 0 Å². The predicted molar refractivity (Wildman–Crippen MR) is 93.4 cm³/mol. The molecule has 0 aliphatic rings. The summed E-state index contributed by atoms with van der Waals surface area (Å²) in [5, 5.41) is 18.4. The Labute approximate surface area is 144 Å². The first-order valence-corrected chi connectivity index (χ1v) is 7.77. The maximum atomic E-state index is 13.1.